The van der Waals surface area contributed by atoms with Crippen molar-refractivity contribution in [2.75, 3.05) is 18.4 Å². The lowest BCUT2D eigenvalue weighted by atomic mass is 9.90. The normalized spacial score (nSPS) is 19.1. The zero-order valence-corrected chi connectivity index (χ0v) is 22.2. The molecule has 12 heteroatoms. The Morgan fingerprint density at radius 2 is 1.82 bits per heavy atom. The fourth-order valence-corrected chi connectivity index (χ4v) is 5.64. The maximum Gasteiger partial charge on any atom is 0.412 e. The van der Waals surface area contributed by atoms with Gasteiger partial charge in [0.15, 0.2) is 5.60 Å². The summed E-state index contributed by atoms with van der Waals surface area (Å²) in [6.45, 7) is 0.388. The van der Waals surface area contributed by atoms with Crippen LogP contribution >= 0.6 is 11.6 Å². The average molecular weight is 569 g/mol. The Hall–Kier alpha value is -3.93. The highest BCUT2D eigenvalue weighted by atomic mass is 35.5. The van der Waals surface area contributed by atoms with Gasteiger partial charge in [-0.1, -0.05) is 41.9 Å². The molecule has 3 amide bonds. The fraction of sp³-hybridized carbons (Fsp3) is 0.222. The topological polar surface area (TPSA) is 148 Å². The van der Waals surface area contributed by atoms with Crippen LogP contribution in [0.4, 0.5) is 10.5 Å². The Morgan fingerprint density at radius 1 is 1.10 bits per heavy atom. The van der Waals surface area contributed by atoms with Crippen LogP contribution in [0.3, 0.4) is 0 Å². The summed E-state index contributed by atoms with van der Waals surface area (Å²) < 4.78 is 28.9. The number of primary sulfonamides is 1. The van der Waals surface area contributed by atoms with E-state index in [0.717, 1.165) is 5.56 Å². The van der Waals surface area contributed by atoms with Crippen molar-refractivity contribution in [2.24, 2.45) is 5.14 Å². The van der Waals surface area contributed by atoms with Gasteiger partial charge in [-0.2, -0.15) is 0 Å². The molecule has 202 valence electrons. The van der Waals surface area contributed by atoms with Crippen LogP contribution in [-0.2, 0) is 31.6 Å². The molecule has 4 N–H and O–H groups in total. The van der Waals surface area contributed by atoms with Gasteiger partial charge in [0.25, 0.3) is 5.91 Å². The minimum absolute atomic E-state index is 0.0941. The van der Waals surface area contributed by atoms with Crippen molar-refractivity contribution < 1.29 is 27.5 Å². The third-order valence-corrected chi connectivity index (χ3v) is 8.04. The second-order valence-electron chi connectivity index (χ2n) is 9.49. The number of nitrogens with zero attached hydrogens (tertiary/aromatic N) is 1. The molecule has 1 spiro atoms. The first-order valence-corrected chi connectivity index (χ1v) is 14.0. The number of halogens is 1. The lowest BCUT2D eigenvalue weighted by molar-refractivity contribution is -0.133. The van der Waals surface area contributed by atoms with Gasteiger partial charge >= 0.3 is 6.09 Å². The monoisotopic (exact) mass is 568 g/mol. The highest BCUT2D eigenvalue weighted by Gasteiger charge is 2.49. The van der Waals surface area contributed by atoms with Crippen molar-refractivity contribution in [3.8, 4) is 0 Å². The van der Waals surface area contributed by atoms with Crippen LogP contribution in [0.5, 0.6) is 0 Å². The lowest BCUT2D eigenvalue weighted by Crippen LogP contribution is -2.50. The summed E-state index contributed by atoms with van der Waals surface area (Å²) in [4.78, 5) is 40.7. The van der Waals surface area contributed by atoms with Gasteiger partial charge in [0.2, 0.25) is 15.9 Å². The third kappa shape index (κ3) is 5.60. The van der Waals surface area contributed by atoms with E-state index in [0.29, 0.717) is 29.2 Å². The molecular weight excluding hydrogens is 544 g/mol. The highest BCUT2D eigenvalue weighted by Crippen LogP contribution is 2.43. The molecular formula is C27H25ClN4O6S. The highest BCUT2D eigenvalue weighted by molar-refractivity contribution is 7.89. The summed E-state index contributed by atoms with van der Waals surface area (Å²) in [6, 6.07) is 18.5. The average Bonchev–Trinajstić information content (AvgIpc) is 3.32. The number of anilines is 1. The van der Waals surface area contributed by atoms with Crippen molar-refractivity contribution in [2.45, 2.75) is 29.4 Å². The standard InChI is InChI=1S/C27H25ClN4O6S/c28-19-8-11-22-21(15-19)27(38-26(35)31-22)12-13-32(16-27)25(34)23(14-17-4-2-1-3-5-17)30-24(33)18-6-9-20(10-7-18)39(29,36)37/h1-11,15,23H,12-14,16H2,(H,30,33)(H,31,35)(H2,29,36,37). The second kappa shape index (κ2) is 10.3. The number of nitrogens with two attached hydrogens (primary N) is 1. The smallest absolute Gasteiger partial charge is 0.412 e. The molecule has 0 aliphatic carbocycles. The fourth-order valence-electron chi connectivity index (χ4n) is 4.95. The molecule has 0 bridgehead atoms. The molecule has 3 aromatic carbocycles. The Morgan fingerprint density at radius 3 is 2.51 bits per heavy atom. The van der Waals surface area contributed by atoms with Gasteiger partial charge < -0.3 is 15.0 Å². The number of hydrogen-bond donors (Lipinski definition) is 3. The summed E-state index contributed by atoms with van der Waals surface area (Å²) in [7, 11) is -3.92. The number of benzene rings is 3. The lowest BCUT2D eigenvalue weighted by Gasteiger charge is -2.35. The van der Waals surface area contributed by atoms with E-state index in [1.54, 1.807) is 23.1 Å². The number of ether oxygens (including phenoxy) is 1. The Balaban J connectivity index is 1.40. The predicted molar refractivity (Wildman–Crippen MR) is 144 cm³/mol. The molecule has 5 rings (SSSR count). The number of sulfonamides is 1. The van der Waals surface area contributed by atoms with Crippen molar-refractivity contribution >= 4 is 45.2 Å². The number of fused-ring (bicyclic) bond motifs is 2. The number of amides is 3. The molecule has 1 fully saturated rings. The molecule has 2 unspecified atom stereocenters. The maximum atomic E-state index is 13.8. The number of likely N-dealkylation sites (tertiary alicyclic amines) is 1. The summed E-state index contributed by atoms with van der Waals surface area (Å²) in [5.74, 6) is -0.895. The van der Waals surface area contributed by atoms with Crippen LogP contribution in [0.25, 0.3) is 0 Å². The van der Waals surface area contributed by atoms with Gasteiger partial charge in [-0.3, -0.25) is 14.9 Å². The molecule has 0 radical (unpaired) electrons. The Bertz CT molecular complexity index is 1550. The molecule has 2 atom stereocenters. The van der Waals surface area contributed by atoms with Gasteiger partial charge in [-0.05, 0) is 48.0 Å². The van der Waals surface area contributed by atoms with E-state index in [4.69, 9.17) is 21.5 Å². The zero-order chi connectivity index (χ0) is 27.8. The SMILES string of the molecule is NS(=O)(=O)c1ccc(C(=O)NC(Cc2ccccc2)C(=O)N2CCC3(C2)OC(=O)Nc2ccc(Cl)cc23)cc1. The summed E-state index contributed by atoms with van der Waals surface area (Å²) in [5.41, 5.74) is 1.19. The van der Waals surface area contributed by atoms with E-state index in [-0.39, 0.29) is 29.3 Å². The maximum absolute atomic E-state index is 13.8. The number of nitrogens with one attached hydrogen (secondary N) is 2. The quantitative estimate of drug-likeness (QED) is 0.416. The van der Waals surface area contributed by atoms with Crippen LogP contribution < -0.4 is 15.8 Å². The van der Waals surface area contributed by atoms with Gasteiger partial charge in [0.05, 0.1) is 17.1 Å². The minimum Gasteiger partial charge on any atom is -0.436 e. The largest absolute Gasteiger partial charge is 0.436 e. The minimum atomic E-state index is -3.92. The van der Waals surface area contributed by atoms with Gasteiger partial charge in [-0.25, -0.2) is 18.4 Å². The zero-order valence-electron chi connectivity index (χ0n) is 20.6. The third-order valence-electron chi connectivity index (χ3n) is 6.87. The molecule has 10 nitrogen and oxygen atoms in total. The summed E-state index contributed by atoms with van der Waals surface area (Å²) in [6.07, 6.45) is -0.0368. The van der Waals surface area contributed by atoms with E-state index in [1.165, 1.54) is 24.3 Å². The second-order valence-corrected chi connectivity index (χ2v) is 11.5. The van der Waals surface area contributed by atoms with Crippen LogP contribution in [-0.4, -0.2) is 50.4 Å². The number of rotatable bonds is 6. The van der Waals surface area contributed by atoms with E-state index < -0.39 is 33.7 Å². The molecule has 3 aromatic rings. The molecule has 39 heavy (non-hydrogen) atoms. The Kier molecular flexibility index (Phi) is 7.06. The molecule has 0 aromatic heterocycles. The van der Waals surface area contributed by atoms with Crippen LogP contribution in [0.1, 0.15) is 27.9 Å². The predicted octanol–water partition coefficient (Wildman–Crippen LogP) is 3.02. The van der Waals surface area contributed by atoms with E-state index in [1.807, 2.05) is 30.3 Å². The molecule has 2 aliphatic heterocycles. The van der Waals surface area contributed by atoms with Gasteiger partial charge in [-0.15, -0.1) is 0 Å². The van der Waals surface area contributed by atoms with Crippen molar-refractivity contribution in [3.63, 3.8) is 0 Å². The van der Waals surface area contributed by atoms with Crippen molar-refractivity contribution in [1.82, 2.24) is 10.2 Å². The van der Waals surface area contributed by atoms with Crippen LogP contribution in [0, 0.1) is 0 Å². The number of hydrogen-bond acceptors (Lipinski definition) is 6. The summed E-state index contributed by atoms with van der Waals surface area (Å²) in [5, 5.41) is 11.1. The Labute approximate surface area is 230 Å². The molecule has 1 saturated heterocycles. The van der Waals surface area contributed by atoms with E-state index in [2.05, 4.69) is 10.6 Å². The molecule has 2 aliphatic rings. The first kappa shape index (κ1) is 26.7. The van der Waals surface area contributed by atoms with Crippen LogP contribution in [0.15, 0.2) is 77.7 Å². The van der Waals surface area contributed by atoms with Crippen molar-refractivity contribution in [1.29, 1.82) is 0 Å². The van der Waals surface area contributed by atoms with Gasteiger partial charge in [0.1, 0.15) is 6.04 Å². The van der Waals surface area contributed by atoms with E-state index >= 15 is 0 Å². The van der Waals surface area contributed by atoms with Gasteiger partial charge in [0, 0.05) is 35.5 Å². The van der Waals surface area contributed by atoms with E-state index in [9.17, 15) is 22.8 Å². The summed E-state index contributed by atoms with van der Waals surface area (Å²) >= 11 is 6.23. The molecule has 0 saturated carbocycles. The number of carbonyl (C=O) groups is 3. The van der Waals surface area contributed by atoms with Crippen LogP contribution in [0.2, 0.25) is 5.02 Å². The first-order chi connectivity index (χ1) is 18.5. The van der Waals surface area contributed by atoms with Crippen molar-refractivity contribution in [3.05, 3.63) is 94.5 Å². The number of carbonyl (C=O) groups excluding carboxylic acids is 3. The molecule has 2 heterocycles. The first-order valence-electron chi connectivity index (χ1n) is 12.1.